The van der Waals surface area contributed by atoms with Gasteiger partial charge in [0, 0.05) is 18.8 Å². The zero-order valence-electron chi connectivity index (χ0n) is 9.47. The first-order valence-corrected chi connectivity index (χ1v) is 5.74. The second-order valence-electron chi connectivity index (χ2n) is 4.20. The SMILES string of the molecule is O=C(c1cncc(F)c1)N(CCO)C1CCC1. The Bertz CT molecular complexity index is 407. The molecule has 0 aromatic carbocycles. The van der Waals surface area contributed by atoms with E-state index >= 15 is 0 Å². The van der Waals surface area contributed by atoms with E-state index in [1.165, 1.54) is 12.3 Å². The van der Waals surface area contributed by atoms with Crippen molar-refractivity contribution in [3.05, 3.63) is 29.8 Å². The van der Waals surface area contributed by atoms with E-state index in [9.17, 15) is 9.18 Å². The average Bonchev–Trinajstić information content (AvgIpc) is 2.25. The van der Waals surface area contributed by atoms with Crippen LogP contribution < -0.4 is 0 Å². The highest BCUT2D eigenvalue weighted by molar-refractivity contribution is 5.94. The number of aliphatic hydroxyl groups excluding tert-OH is 1. The van der Waals surface area contributed by atoms with Crippen molar-refractivity contribution in [3.63, 3.8) is 0 Å². The minimum absolute atomic E-state index is 0.0784. The van der Waals surface area contributed by atoms with Crippen molar-refractivity contribution in [1.29, 1.82) is 0 Å². The molecule has 1 heterocycles. The summed E-state index contributed by atoms with van der Waals surface area (Å²) in [5, 5.41) is 8.97. The lowest BCUT2D eigenvalue weighted by Crippen LogP contribution is -2.45. The Balaban J connectivity index is 2.15. The van der Waals surface area contributed by atoms with E-state index in [0.717, 1.165) is 25.5 Å². The average molecular weight is 238 g/mol. The van der Waals surface area contributed by atoms with Crippen LogP contribution in [0.3, 0.4) is 0 Å². The molecule has 4 nitrogen and oxygen atoms in total. The molecule has 1 amide bonds. The van der Waals surface area contributed by atoms with Crippen LogP contribution in [-0.4, -0.2) is 40.1 Å². The van der Waals surface area contributed by atoms with Gasteiger partial charge in [0.2, 0.25) is 0 Å². The van der Waals surface area contributed by atoms with Crippen molar-refractivity contribution in [2.24, 2.45) is 0 Å². The quantitative estimate of drug-likeness (QED) is 0.857. The molecule has 0 atom stereocenters. The maximum absolute atomic E-state index is 13.0. The van der Waals surface area contributed by atoms with Gasteiger partial charge >= 0.3 is 0 Å². The van der Waals surface area contributed by atoms with Gasteiger partial charge in [-0.15, -0.1) is 0 Å². The van der Waals surface area contributed by atoms with Crippen LogP contribution in [0.1, 0.15) is 29.6 Å². The highest BCUT2D eigenvalue weighted by atomic mass is 19.1. The molecule has 0 aliphatic heterocycles. The van der Waals surface area contributed by atoms with Crippen LogP contribution in [0.2, 0.25) is 0 Å². The van der Waals surface area contributed by atoms with Gasteiger partial charge < -0.3 is 10.0 Å². The number of aromatic nitrogens is 1. The van der Waals surface area contributed by atoms with Crippen molar-refractivity contribution < 1.29 is 14.3 Å². The van der Waals surface area contributed by atoms with Crippen LogP contribution in [0.5, 0.6) is 0 Å². The molecule has 0 saturated heterocycles. The lowest BCUT2D eigenvalue weighted by atomic mass is 9.91. The third-order valence-corrected chi connectivity index (χ3v) is 3.07. The Morgan fingerprint density at radius 3 is 2.82 bits per heavy atom. The van der Waals surface area contributed by atoms with Crippen molar-refractivity contribution in [1.82, 2.24) is 9.88 Å². The van der Waals surface area contributed by atoms with Gasteiger partial charge in [0.15, 0.2) is 0 Å². The molecule has 1 aliphatic carbocycles. The summed E-state index contributed by atoms with van der Waals surface area (Å²) >= 11 is 0. The van der Waals surface area contributed by atoms with Crippen LogP contribution >= 0.6 is 0 Å². The van der Waals surface area contributed by atoms with Gasteiger partial charge in [-0.3, -0.25) is 9.78 Å². The molecule has 1 aromatic rings. The number of halogens is 1. The molecular weight excluding hydrogens is 223 g/mol. The fraction of sp³-hybridized carbons (Fsp3) is 0.500. The third-order valence-electron chi connectivity index (χ3n) is 3.07. The standard InChI is InChI=1S/C12H15FN2O2/c13-10-6-9(7-14-8-10)12(17)15(4-5-16)11-2-1-3-11/h6-8,11,16H,1-5H2. The lowest BCUT2D eigenvalue weighted by molar-refractivity contribution is 0.0525. The van der Waals surface area contributed by atoms with E-state index in [-0.39, 0.29) is 24.1 Å². The topological polar surface area (TPSA) is 53.4 Å². The van der Waals surface area contributed by atoms with Crippen LogP contribution in [0.4, 0.5) is 4.39 Å². The maximum Gasteiger partial charge on any atom is 0.255 e. The van der Waals surface area contributed by atoms with Gasteiger partial charge in [-0.05, 0) is 25.3 Å². The number of aliphatic hydroxyl groups is 1. The number of carbonyl (C=O) groups excluding carboxylic acids is 1. The Morgan fingerprint density at radius 2 is 2.29 bits per heavy atom. The first-order valence-electron chi connectivity index (χ1n) is 5.74. The monoisotopic (exact) mass is 238 g/mol. The van der Waals surface area contributed by atoms with Gasteiger partial charge in [-0.2, -0.15) is 0 Å². The Hall–Kier alpha value is -1.49. The molecule has 5 heteroatoms. The fourth-order valence-corrected chi connectivity index (χ4v) is 1.95. The van der Waals surface area contributed by atoms with E-state index in [4.69, 9.17) is 5.11 Å². The second kappa shape index (κ2) is 5.23. The predicted molar refractivity (Wildman–Crippen MR) is 60.0 cm³/mol. The molecule has 1 aromatic heterocycles. The molecule has 1 N–H and O–H groups in total. The third kappa shape index (κ3) is 2.61. The lowest BCUT2D eigenvalue weighted by Gasteiger charge is -2.37. The molecule has 1 saturated carbocycles. The van der Waals surface area contributed by atoms with Gasteiger partial charge in [0.05, 0.1) is 18.4 Å². The van der Waals surface area contributed by atoms with Gasteiger partial charge in [-0.25, -0.2) is 4.39 Å². The van der Waals surface area contributed by atoms with E-state index < -0.39 is 5.82 Å². The summed E-state index contributed by atoms with van der Waals surface area (Å²) in [6.45, 7) is 0.213. The molecule has 92 valence electrons. The summed E-state index contributed by atoms with van der Waals surface area (Å²) in [5.41, 5.74) is 0.241. The molecule has 2 rings (SSSR count). The van der Waals surface area contributed by atoms with Gasteiger partial charge in [0.1, 0.15) is 5.82 Å². The Labute approximate surface area is 99.1 Å². The number of nitrogens with zero attached hydrogens (tertiary/aromatic N) is 2. The van der Waals surface area contributed by atoms with Crippen molar-refractivity contribution in [2.45, 2.75) is 25.3 Å². The van der Waals surface area contributed by atoms with Gasteiger partial charge in [0.25, 0.3) is 5.91 Å². The molecule has 17 heavy (non-hydrogen) atoms. The summed E-state index contributed by atoms with van der Waals surface area (Å²) in [4.78, 5) is 17.4. The largest absolute Gasteiger partial charge is 0.395 e. The highest BCUT2D eigenvalue weighted by Gasteiger charge is 2.29. The minimum Gasteiger partial charge on any atom is -0.395 e. The maximum atomic E-state index is 13.0. The van der Waals surface area contributed by atoms with Crippen LogP contribution in [-0.2, 0) is 0 Å². The van der Waals surface area contributed by atoms with Gasteiger partial charge in [-0.1, -0.05) is 0 Å². The van der Waals surface area contributed by atoms with Crippen molar-refractivity contribution >= 4 is 5.91 Å². The van der Waals surface area contributed by atoms with Crippen molar-refractivity contribution in [2.75, 3.05) is 13.2 Å². The molecule has 0 radical (unpaired) electrons. The van der Waals surface area contributed by atoms with Crippen molar-refractivity contribution in [3.8, 4) is 0 Å². The second-order valence-corrected chi connectivity index (χ2v) is 4.20. The van der Waals surface area contributed by atoms with E-state index in [1.807, 2.05) is 0 Å². The zero-order valence-corrected chi connectivity index (χ0v) is 9.47. The zero-order chi connectivity index (χ0) is 12.3. The molecule has 1 aliphatic rings. The molecular formula is C12H15FN2O2. The van der Waals surface area contributed by atoms with E-state index in [1.54, 1.807) is 4.90 Å². The summed E-state index contributed by atoms with van der Waals surface area (Å²) in [6.07, 6.45) is 5.43. The number of amides is 1. The number of hydrogen-bond acceptors (Lipinski definition) is 3. The summed E-state index contributed by atoms with van der Waals surface area (Å²) in [5.74, 6) is -0.774. The Kier molecular flexibility index (Phi) is 3.68. The fourth-order valence-electron chi connectivity index (χ4n) is 1.95. The van der Waals surface area contributed by atoms with Crippen LogP contribution in [0.15, 0.2) is 18.5 Å². The summed E-state index contributed by atoms with van der Waals surface area (Å²) < 4.78 is 13.0. The summed E-state index contributed by atoms with van der Waals surface area (Å²) in [7, 11) is 0. The number of pyridine rings is 1. The van der Waals surface area contributed by atoms with Crippen LogP contribution in [0, 0.1) is 5.82 Å². The first-order chi connectivity index (χ1) is 8.22. The predicted octanol–water partition coefficient (Wildman–Crippen LogP) is 1.21. The molecule has 0 spiro atoms. The molecule has 1 fully saturated rings. The van der Waals surface area contributed by atoms with Crippen LogP contribution in [0.25, 0.3) is 0 Å². The first kappa shape index (κ1) is 12.0. The summed E-state index contributed by atoms with van der Waals surface area (Å²) in [6, 6.07) is 1.36. The molecule has 0 unspecified atom stereocenters. The van der Waals surface area contributed by atoms with E-state index in [2.05, 4.69) is 4.98 Å². The Morgan fingerprint density at radius 1 is 1.53 bits per heavy atom. The van der Waals surface area contributed by atoms with E-state index in [0.29, 0.717) is 6.54 Å². The number of rotatable bonds is 4. The normalized spacial score (nSPS) is 15.4. The minimum atomic E-state index is -0.520. The smallest absolute Gasteiger partial charge is 0.255 e. The highest BCUT2D eigenvalue weighted by Crippen LogP contribution is 2.25. The number of carbonyl (C=O) groups is 1. The molecule has 0 bridgehead atoms. The number of hydrogen-bond donors (Lipinski definition) is 1.